The molecule has 14 heavy (non-hydrogen) atoms. The minimum absolute atomic E-state index is 0.0138. The number of Topliss-reactive ketones (excluding diaryl/α,β-unsaturated/α-hetero) is 1. The van der Waals surface area contributed by atoms with Crippen molar-refractivity contribution in [2.24, 2.45) is 5.92 Å². The summed E-state index contributed by atoms with van der Waals surface area (Å²) in [6, 6.07) is 10.3. The number of rotatable bonds is 1. The maximum Gasteiger partial charge on any atom is 0.147 e. The Morgan fingerprint density at radius 3 is 2.43 bits per heavy atom. The highest BCUT2D eigenvalue weighted by Gasteiger charge is 2.38. The van der Waals surface area contributed by atoms with Gasteiger partial charge in [-0.1, -0.05) is 53.2 Å². The van der Waals surface area contributed by atoms with Crippen LogP contribution < -0.4 is 0 Å². The van der Waals surface area contributed by atoms with Crippen LogP contribution in [0.3, 0.4) is 0 Å². The van der Waals surface area contributed by atoms with Crippen molar-refractivity contribution in [3.05, 3.63) is 35.9 Å². The summed E-state index contributed by atoms with van der Waals surface area (Å²) in [5, 5.41) is 0. The second-order valence-electron chi connectivity index (χ2n) is 3.99. The molecule has 0 radical (unpaired) electrons. The zero-order valence-corrected chi connectivity index (χ0v) is 9.70. The summed E-state index contributed by atoms with van der Waals surface area (Å²) in [7, 11) is 0. The fraction of sp³-hybridized carbons (Fsp3) is 0.417. The van der Waals surface area contributed by atoms with Gasteiger partial charge in [0.05, 0.1) is 4.83 Å². The molecule has 0 N–H and O–H groups in total. The van der Waals surface area contributed by atoms with Crippen LogP contribution in [0, 0.1) is 5.92 Å². The van der Waals surface area contributed by atoms with Gasteiger partial charge < -0.3 is 0 Å². The lowest BCUT2D eigenvalue weighted by Gasteiger charge is -2.17. The van der Waals surface area contributed by atoms with E-state index in [9.17, 15) is 4.79 Å². The third kappa shape index (κ3) is 1.63. The lowest BCUT2D eigenvalue weighted by Crippen LogP contribution is -2.14. The normalized spacial score (nSPS) is 32.1. The summed E-state index contributed by atoms with van der Waals surface area (Å²) in [6.45, 7) is 2.15. The second kappa shape index (κ2) is 3.85. The largest absolute Gasteiger partial charge is 0.298 e. The van der Waals surface area contributed by atoms with Crippen LogP contribution in [0.1, 0.15) is 24.8 Å². The molecule has 0 heterocycles. The zero-order chi connectivity index (χ0) is 10.1. The highest BCUT2D eigenvalue weighted by molar-refractivity contribution is 9.10. The quantitative estimate of drug-likeness (QED) is 0.702. The van der Waals surface area contributed by atoms with Crippen LogP contribution in [0.4, 0.5) is 0 Å². The molecule has 1 aliphatic rings. The number of hydrogen-bond acceptors (Lipinski definition) is 1. The lowest BCUT2D eigenvalue weighted by atomic mass is 9.90. The van der Waals surface area contributed by atoms with Gasteiger partial charge >= 0.3 is 0 Å². The van der Waals surface area contributed by atoms with Gasteiger partial charge in [-0.2, -0.15) is 0 Å². The van der Waals surface area contributed by atoms with E-state index >= 15 is 0 Å². The van der Waals surface area contributed by atoms with Crippen molar-refractivity contribution in [1.29, 1.82) is 0 Å². The van der Waals surface area contributed by atoms with Crippen LogP contribution in [0.25, 0.3) is 0 Å². The molecule has 1 fully saturated rings. The van der Waals surface area contributed by atoms with E-state index in [0.29, 0.717) is 24.0 Å². The molecule has 3 atom stereocenters. The molecule has 0 aliphatic heterocycles. The van der Waals surface area contributed by atoms with Crippen molar-refractivity contribution in [3.8, 4) is 0 Å². The smallest absolute Gasteiger partial charge is 0.147 e. The van der Waals surface area contributed by atoms with Crippen LogP contribution in [0.5, 0.6) is 0 Å². The minimum atomic E-state index is 0.0138. The SMILES string of the molecule is C[C@H]1CC(=O)[C@@H](Br)[C@@H]1c1ccccc1. The molecule has 0 unspecified atom stereocenters. The molecule has 1 aromatic rings. The van der Waals surface area contributed by atoms with Crippen molar-refractivity contribution in [1.82, 2.24) is 0 Å². The highest BCUT2D eigenvalue weighted by atomic mass is 79.9. The Bertz CT molecular complexity index is 333. The van der Waals surface area contributed by atoms with Gasteiger partial charge in [0.15, 0.2) is 0 Å². The van der Waals surface area contributed by atoms with Crippen LogP contribution in [-0.4, -0.2) is 10.6 Å². The molecule has 1 aromatic carbocycles. The van der Waals surface area contributed by atoms with Crippen molar-refractivity contribution in [3.63, 3.8) is 0 Å². The molecular formula is C12H13BrO. The molecule has 0 bridgehead atoms. The van der Waals surface area contributed by atoms with Crippen LogP contribution in [-0.2, 0) is 4.79 Å². The molecule has 0 aromatic heterocycles. The maximum absolute atomic E-state index is 11.5. The Kier molecular flexibility index (Phi) is 2.73. The van der Waals surface area contributed by atoms with Crippen molar-refractivity contribution in [2.75, 3.05) is 0 Å². The Hall–Kier alpha value is -0.630. The molecule has 1 aliphatic carbocycles. The van der Waals surface area contributed by atoms with Crippen LogP contribution in [0.2, 0.25) is 0 Å². The van der Waals surface area contributed by atoms with Gasteiger partial charge in [0.25, 0.3) is 0 Å². The third-order valence-corrected chi connectivity index (χ3v) is 4.02. The molecule has 0 spiro atoms. The third-order valence-electron chi connectivity index (χ3n) is 2.94. The van der Waals surface area contributed by atoms with E-state index in [4.69, 9.17) is 0 Å². The number of carbonyl (C=O) groups is 1. The highest BCUT2D eigenvalue weighted by Crippen LogP contribution is 2.41. The topological polar surface area (TPSA) is 17.1 Å². The average Bonchev–Trinajstić information content (AvgIpc) is 2.43. The van der Waals surface area contributed by atoms with E-state index in [2.05, 4.69) is 35.0 Å². The van der Waals surface area contributed by atoms with Gasteiger partial charge in [0.1, 0.15) is 5.78 Å². The summed E-state index contributed by atoms with van der Waals surface area (Å²) in [6.07, 6.45) is 0.704. The number of ketones is 1. The van der Waals surface area contributed by atoms with Gasteiger partial charge in [-0.15, -0.1) is 0 Å². The zero-order valence-electron chi connectivity index (χ0n) is 8.11. The number of alkyl halides is 1. The van der Waals surface area contributed by atoms with Crippen molar-refractivity contribution < 1.29 is 4.79 Å². The van der Waals surface area contributed by atoms with Gasteiger partial charge in [-0.05, 0) is 11.5 Å². The second-order valence-corrected chi connectivity index (χ2v) is 4.97. The summed E-state index contributed by atoms with van der Waals surface area (Å²) >= 11 is 3.50. The van der Waals surface area contributed by atoms with Crippen molar-refractivity contribution >= 4 is 21.7 Å². The Labute approximate surface area is 92.6 Å². The van der Waals surface area contributed by atoms with E-state index in [1.807, 2.05) is 18.2 Å². The standard InChI is InChI=1S/C12H13BrO/c1-8-7-10(14)12(13)11(8)9-5-3-2-4-6-9/h2-6,8,11-12H,7H2,1H3/t8-,11-,12+/m0/s1. The van der Waals surface area contributed by atoms with Crippen LogP contribution >= 0.6 is 15.9 Å². The molecule has 1 saturated carbocycles. The van der Waals surface area contributed by atoms with E-state index in [0.717, 1.165) is 0 Å². The first-order chi connectivity index (χ1) is 6.70. The van der Waals surface area contributed by atoms with E-state index in [1.165, 1.54) is 5.56 Å². The predicted molar refractivity (Wildman–Crippen MR) is 60.7 cm³/mol. The monoisotopic (exact) mass is 252 g/mol. The Balaban J connectivity index is 2.31. The number of hydrogen-bond donors (Lipinski definition) is 0. The molecule has 0 saturated heterocycles. The van der Waals surface area contributed by atoms with Gasteiger partial charge in [-0.3, -0.25) is 4.79 Å². The van der Waals surface area contributed by atoms with Crippen molar-refractivity contribution in [2.45, 2.75) is 24.1 Å². The van der Waals surface area contributed by atoms with E-state index < -0.39 is 0 Å². The predicted octanol–water partition coefficient (Wildman–Crippen LogP) is 3.14. The molecule has 2 rings (SSSR count). The molecule has 0 amide bonds. The van der Waals surface area contributed by atoms with Crippen LogP contribution in [0.15, 0.2) is 30.3 Å². The maximum atomic E-state index is 11.5. The summed E-state index contributed by atoms with van der Waals surface area (Å²) in [4.78, 5) is 11.5. The number of benzene rings is 1. The lowest BCUT2D eigenvalue weighted by molar-refractivity contribution is -0.117. The fourth-order valence-corrected chi connectivity index (χ4v) is 3.23. The summed E-state index contributed by atoms with van der Waals surface area (Å²) in [5.41, 5.74) is 1.27. The van der Waals surface area contributed by atoms with Gasteiger partial charge in [0.2, 0.25) is 0 Å². The Morgan fingerprint density at radius 1 is 1.29 bits per heavy atom. The first kappa shape index (κ1) is 9.91. The average molecular weight is 253 g/mol. The fourth-order valence-electron chi connectivity index (χ4n) is 2.22. The first-order valence-electron chi connectivity index (χ1n) is 4.92. The molecule has 74 valence electrons. The van der Waals surface area contributed by atoms with E-state index in [-0.39, 0.29) is 4.83 Å². The molecule has 1 nitrogen and oxygen atoms in total. The molecular weight excluding hydrogens is 240 g/mol. The Morgan fingerprint density at radius 2 is 1.93 bits per heavy atom. The summed E-state index contributed by atoms with van der Waals surface area (Å²) < 4.78 is 0. The van der Waals surface area contributed by atoms with Gasteiger partial charge in [0, 0.05) is 12.3 Å². The minimum Gasteiger partial charge on any atom is -0.298 e. The number of halogens is 1. The van der Waals surface area contributed by atoms with Gasteiger partial charge in [-0.25, -0.2) is 0 Å². The number of carbonyl (C=O) groups excluding carboxylic acids is 1. The summed E-state index contributed by atoms with van der Waals surface area (Å²) in [5.74, 6) is 1.14. The van der Waals surface area contributed by atoms with E-state index in [1.54, 1.807) is 0 Å². The molecule has 2 heteroatoms. The first-order valence-corrected chi connectivity index (χ1v) is 5.83.